The minimum absolute atomic E-state index is 0.129. The predicted molar refractivity (Wildman–Crippen MR) is 56.3 cm³/mol. The second kappa shape index (κ2) is 9.40. The fourth-order valence-corrected chi connectivity index (χ4v) is 1.13. The van der Waals surface area contributed by atoms with Crippen LogP contribution in [0.1, 0.15) is 13.8 Å². The van der Waals surface area contributed by atoms with E-state index in [9.17, 15) is 0 Å². The minimum Gasteiger partial charge on any atom is -0.395 e. The number of hydrogen-bond donors (Lipinski definition) is 2. The fourth-order valence-electron chi connectivity index (χ4n) is 1.13. The molecule has 2 N–H and O–H groups in total. The summed E-state index contributed by atoms with van der Waals surface area (Å²) in [5, 5.41) is 17.5. The third-order valence-electron chi connectivity index (χ3n) is 1.84. The molecule has 14 heavy (non-hydrogen) atoms. The summed E-state index contributed by atoms with van der Waals surface area (Å²) in [5.41, 5.74) is 0. The van der Waals surface area contributed by atoms with Crippen molar-refractivity contribution in [2.75, 3.05) is 46.1 Å². The Morgan fingerprint density at radius 3 is 2.07 bits per heavy atom. The van der Waals surface area contributed by atoms with Gasteiger partial charge in [-0.3, -0.25) is 4.90 Å². The van der Waals surface area contributed by atoms with Crippen molar-refractivity contribution >= 4 is 0 Å². The van der Waals surface area contributed by atoms with E-state index in [0.29, 0.717) is 25.6 Å². The molecule has 0 saturated heterocycles. The van der Waals surface area contributed by atoms with Crippen LogP contribution in [-0.2, 0) is 4.74 Å². The second-order valence-corrected chi connectivity index (χ2v) is 3.76. The zero-order chi connectivity index (χ0) is 10.8. The third-order valence-corrected chi connectivity index (χ3v) is 1.84. The monoisotopic (exact) mass is 205 g/mol. The summed E-state index contributed by atoms with van der Waals surface area (Å²) in [7, 11) is 0. The molecule has 0 bridgehead atoms. The van der Waals surface area contributed by atoms with Crippen LogP contribution in [0.15, 0.2) is 0 Å². The average Bonchev–Trinajstić information content (AvgIpc) is 2.12. The number of rotatable bonds is 9. The molecule has 4 nitrogen and oxygen atoms in total. The van der Waals surface area contributed by atoms with Gasteiger partial charge in [-0.25, -0.2) is 0 Å². The standard InChI is InChI=1S/C10H23NO3/c1-10(2)9-14-8-5-11(3-6-12)4-7-13/h10,12-13H,3-9H2,1-2H3. The Morgan fingerprint density at radius 2 is 1.64 bits per heavy atom. The van der Waals surface area contributed by atoms with Gasteiger partial charge in [0.1, 0.15) is 0 Å². The Labute approximate surface area is 86.5 Å². The van der Waals surface area contributed by atoms with E-state index in [-0.39, 0.29) is 13.2 Å². The van der Waals surface area contributed by atoms with Crippen molar-refractivity contribution in [1.29, 1.82) is 0 Å². The molecule has 4 heteroatoms. The van der Waals surface area contributed by atoms with Crippen molar-refractivity contribution in [2.24, 2.45) is 5.92 Å². The summed E-state index contributed by atoms with van der Waals surface area (Å²) in [6.07, 6.45) is 0. The first-order chi connectivity index (χ1) is 6.70. The normalized spacial score (nSPS) is 11.6. The predicted octanol–water partition coefficient (Wildman–Crippen LogP) is -0.0544. The van der Waals surface area contributed by atoms with E-state index in [4.69, 9.17) is 14.9 Å². The molecule has 0 aliphatic carbocycles. The number of aliphatic hydroxyl groups is 2. The maximum Gasteiger partial charge on any atom is 0.0593 e. The summed E-state index contributed by atoms with van der Waals surface area (Å²) in [4.78, 5) is 1.99. The first-order valence-corrected chi connectivity index (χ1v) is 5.22. The summed E-state index contributed by atoms with van der Waals surface area (Å²) >= 11 is 0. The first-order valence-electron chi connectivity index (χ1n) is 5.22. The van der Waals surface area contributed by atoms with Gasteiger partial charge < -0.3 is 14.9 Å². The van der Waals surface area contributed by atoms with Crippen LogP contribution < -0.4 is 0 Å². The SMILES string of the molecule is CC(C)COCCN(CCO)CCO. The highest BCUT2D eigenvalue weighted by atomic mass is 16.5. The molecule has 0 aliphatic heterocycles. The number of nitrogens with zero attached hydrogens (tertiary/aromatic N) is 1. The van der Waals surface area contributed by atoms with E-state index in [0.717, 1.165) is 13.2 Å². The maximum atomic E-state index is 8.74. The molecule has 86 valence electrons. The third kappa shape index (κ3) is 8.44. The Kier molecular flexibility index (Phi) is 9.29. The van der Waals surface area contributed by atoms with Gasteiger partial charge in [-0.2, -0.15) is 0 Å². The Bertz CT molecular complexity index is 114. The van der Waals surface area contributed by atoms with Gasteiger partial charge in [-0.05, 0) is 5.92 Å². The molecule has 0 spiro atoms. The highest BCUT2D eigenvalue weighted by molar-refractivity contribution is 4.55. The molecule has 0 aromatic heterocycles. The molecule has 0 aliphatic rings. The van der Waals surface area contributed by atoms with E-state index < -0.39 is 0 Å². The lowest BCUT2D eigenvalue weighted by Crippen LogP contribution is -2.33. The van der Waals surface area contributed by atoms with Crippen molar-refractivity contribution in [2.45, 2.75) is 13.8 Å². The molecule has 0 saturated carbocycles. The van der Waals surface area contributed by atoms with Crippen LogP contribution in [0.3, 0.4) is 0 Å². The summed E-state index contributed by atoms with van der Waals surface area (Å²) < 4.78 is 5.41. The van der Waals surface area contributed by atoms with Crippen LogP contribution in [0.25, 0.3) is 0 Å². The van der Waals surface area contributed by atoms with Crippen molar-refractivity contribution in [1.82, 2.24) is 4.90 Å². The number of ether oxygens (including phenoxy) is 1. The lowest BCUT2D eigenvalue weighted by atomic mass is 10.2. The molecular formula is C10H23NO3. The zero-order valence-electron chi connectivity index (χ0n) is 9.28. The minimum atomic E-state index is 0.129. The zero-order valence-corrected chi connectivity index (χ0v) is 9.28. The van der Waals surface area contributed by atoms with Crippen molar-refractivity contribution in [3.05, 3.63) is 0 Å². The molecule has 0 fully saturated rings. The average molecular weight is 205 g/mol. The van der Waals surface area contributed by atoms with Crippen LogP contribution in [0.5, 0.6) is 0 Å². The van der Waals surface area contributed by atoms with E-state index in [1.165, 1.54) is 0 Å². The Balaban J connectivity index is 3.40. The Hall–Kier alpha value is -0.160. The van der Waals surface area contributed by atoms with Gasteiger partial charge in [-0.15, -0.1) is 0 Å². The molecule has 0 aromatic rings. The van der Waals surface area contributed by atoms with E-state index in [2.05, 4.69) is 13.8 Å². The summed E-state index contributed by atoms with van der Waals surface area (Å²) in [6, 6.07) is 0. The van der Waals surface area contributed by atoms with Crippen LogP contribution in [0.2, 0.25) is 0 Å². The summed E-state index contributed by atoms with van der Waals surface area (Å²) in [6.45, 7) is 7.89. The first kappa shape index (κ1) is 13.8. The van der Waals surface area contributed by atoms with Gasteiger partial charge in [0.15, 0.2) is 0 Å². The van der Waals surface area contributed by atoms with E-state index in [1.54, 1.807) is 0 Å². The van der Waals surface area contributed by atoms with Gasteiger partial charge in [0.2, 0.25) is 0 Å². The van der Waals surface area contributed by atoms with Gasteiger partial charge in [0, 0.05) is 26.2 Å². The van der Waals surface area contributed by atoms with Crippen molar-refractivity contribution in [3.63, 3.8) is 0 Å². The maximum absolute atomic E-state index is 8.74. The molecular weight excluding hydrogens is 182 g/mol. The molecule has 0 unspecified atom stereocenters. The van der Waals surface area contributed by atoms with E-state index in [1.807, 2.05) is 4.90 Å². The van der Waals surface area contributed by atoms with Crippen LogP contribution in [0, 0.1) is 5.92 Å². The Morgan fingerprint density at radius 1 is 1.07 bits per heavy atom. The topological polar surface area (TPSA) is 52.9 Å². The number of aliphatic hydroxyl groups excluding tert-OH is 2. The van der Waals surface area contributed by atoms with Crippen molar-refractivity contribution in [3.8, 4) is 0 Å². The quantitative estimate of drug-likeness (QED) is 0.518. The molecule has 0 amide bonds. The van der Waals surface area contributed by atoms with Gasteiger partial charge >= 0.3 is 0 Å². The molecule has 0 radical (unpaired) electrons. The molecule has 0 rings (SSSR count). The molecule has 0 heterocycles. The largest absolute Gasteiger partial charge is 0.395 e. The second-order valence-electron chi connectivity index (χ2n) is 3.76. The van der Waals surface area contributed by atoms with Crippen LogP contribution in [-0.4, -0.2) is 61.2 Å². The summed E-state index contributed by atoms with van der Waals surface area (Å²) in [5.74, 6) is 0.555. The highest BCUT2D eigenvalue weighted by Gasteiger charge is 2.03. The smallest absolute Gasteiger partial charge is 0.0593 e. The lowest BCUT2D eigenvalue weighted by Gasteiger charge is -2.20. The van der Waals surface area contributed by atoms with Gasteiger partial charge in [0.05, 0.1) is 19.8 Å². The molecule has 0 aromatic carbocycles. The van der Waals surface area contributed by atoms with Crippen LogP contribution in [0.4, 0.5) is 0 Å². The van der Waals surface area contributed by atoms with Gasteiger partial charge in [0.25, 0.3) is 0 Å². The van der Waals surface area contributed by atoms with Gasteiger partial charge in [-0.1, -0.05) is 13.8 Å². The number of hydrogen-bond acceptors (Lipinski definition) is 4. The van der Waals surface area contributed by atoms with Crippen LogP contribution >= 0.6 is 0 Å². The fraction of sp³-hybridized carbons (Fsp3) is 1.00. The molecule has 0 atom stereocenters. The van der Waals surface area contributed by atoms with Crippen molar-refractivity contribution < 1.29 is 14.9 Å². The lowest BCUT2D eigenvalue weighted by molar-refractivity contribution is 0.0734. The van der Waals surface area contributed by atoms with E-state index >= 15 is 0 Å². The highest BCUT2D eigenvalue weighted by Crippen LogP contribution is 1.93.